The first kappa shape index (κ1) is 54.2. The zero-order valence-corrected chi connectivity index (χ0v) is 40.6. The Labute approximate surface area is 387 Å². The Hall–Kier alpha value is -3.37. The number of piperidine rings is 1. The van der Waals surface area contributed by atoms with E-state index < -0.39 is 83.9 Å². The second-order valence-corrected chi connectivity index (χ2v) is 19.6. The molecular formula is C51H79NO13. The molecule has 1 unspecified atom stereocenters. The molecule has 4 rings (SSSR count). The highest BCUT2D eigenvalue weighted by atomic mass is 16.6. The molecule has 0 radical (unpaired) electrons. The molecule has 0 aromatic heterocycles. The van der Waals surface area contributed by atoms with Crippen molar-refractivity contribution in [2.45, 2.75) is 180 Å². The van der Waals surface area contributed by atoms with Crippen molar-refractivity contribution in [3.63, 3.8) is 0 Å². The Morgan fingerprint density at radius 3 is 2.26 bits per heavy atom. The van der Waals surface area contributed by atoms with Crippen molar-refractivity contribution in [2.24, 2.45) is 35.5 Å². The standard InChI is InChI=1S/C51H79NO13/c1-30-16-12-11-13-17-31(2)42(61-8)28-38-21-19-36(7)51(60,65-38)48(57)49(58)52-23-15-14-18-39(52)50(59)64-43(33(4)26-37-20-22-40(53)44(27-37)62-9)29-41(54)32(3)25-35(6)46(56)47(63-10)45(55)34(5)24-30/h11-13,16-17,25,30,33-40,42-44,46-47,53,56,60H,14-15,18-24,26-29H2,1-10H3/t30-,33+,34-,35?,36-,37+,38+,39+,40-,42+,43+,44-,46-,47+,51-/m1/s1. The maximum atomic E-state index is 14.4. The molecule has 14 nitrogen and oxygen atoms in total. The largest absolute Gasteiger partial charge is 0.460 e. The van der Waals surface area contributed by atoms with Crippen LogP contribution in [-0.4, -0.2) is 132 Å². The van der Waals surface area contributed by atoms with Gasteiger partial charge in [0.05, 0.1) is 30.5 Å². The van der Waals surface area contributed by atoms with Gasteiger partial charge in [-0.25, -0.2) is 4.79 Å². The van der Waals surface area contributed by atoms with Crippen LogP contribution in [0.3, 0.4) is 0 Å². The highest BCUT2D eigenvalue weighted by Gasteiger charge is 2.53. The van der Waals surface area contributed by atoms with Crippen molar-refractivity contribution < 1.29 is 63.0 Å². The van der Waals surface area contributed by atoms with Gasteiger partial charge in [-0.05, 0) is 107 Å². The van der Waals surface area contributed by atoms with E-state index in [1.165, 1.54) is 12.0 Å². The number of methoxy groups -OCH3 is 3. The number of Topliss-reactive ketones (excluding diaryl/α,β-unsaturated/α-hetero) is 3. The predicted molar refractivity (Wildman–Crippen MR) is 245 cm³/mol. The second kappa shape index (κ2) is 25.1. The maximum absolute atomic E-state index is 14.4. The van der Waals surface area contributed by atoms with E-state index in [0.29, 0.717) is 63.4 Å². The van der Waals surface area contributed by atoms with E-state index in [1.807, 2.05) is 58.1 Å². The number of ether oxygens (including phenoxy) is 5. The number of aliphatic hydroxyl groups excluding tert-OH is 2. The van der Waals surface area contributed by atoms with E-state index in [0.717, 1.165) is 12.0 Å². The average molecular weight is 914 g/mol. The normalized spacial score (nSPS) is 37.8. The summed E-state index contributed by atoms with van der Waals surface area (Å²) in [6.45, 7) is 12.7. The molecule has 1 amide bonds. The van der Waals surface area contributed by atoms with E-state index in [-0.39, 0.29) is 54.8 Å². The molecule has 3 fully saturated rings. The smallest absolute Gasteiger partial charge is 0.329 e. The topological polar surface area (TPSA) is 195 Å². The van der Waals surface area contributed by atoms with Gasteiger partial charge < -0.3 is 43.9 Å². The van der Waals surface area contributed by atoms with Gasteiger partial charge in [-0.2, -0.15) is 0 Å². The van der Waals surface area contributed by atoms with Crippen LogP contribution < -0.4 is 0 Å². The molecule has 4 aliphatic rings. The quantitative estimate of drug-likeness (QED) is 0.202. The minimum atomic E-state index is -2.43. The molecule has 14 heteroatoms. The van der Waals surface area contributed by atoms with Crippen molar-refractivity contribution in [3.05, 3.63) is 47.6 Å². The summed E-state index contributed by atoms with van der Waals surface area (Å²) < 4.78 is 29.4. The second-order valence-electron chi connectivity index (χ2n) is 19.6. The number of allylic oxidation sites excluding steroid dienone is 6. The van der Waals surface area contributed by atoms with Gasteiger partial charge in [0.2, 0.25) is 5.79 Å². The molecule has 3 N–H and O–H groups in total. The van der Waals surface area contributed by atoms with Gasteiger partial charge >= 0.3 is 5.97 Å². The van der Waals surface area contributed by atoms with Gasteiger partial charge in [0.25, 0.3) is 11.7 Å². The molecule has 0 aromatic rings. The highest BCUT2D eigenvalue weighted by molar-refractivity contribution is 6.39. The van der Waals surface area contributed by atoms with Gasteiger partial charge in [-0.15, -0.1) is 0 Å². The van der Waals surface area contributed by atoms with Crippen molar-refractivity contribution >= 4 is 29.2 Å². The summed E-state index contributed by atoms with van der Waals surface area (Å²) in [5, 5.41) is 33.9. The Morgan fingerprint density at radius 1 is 0.862 bits per heavy atom. The number of carbonyl (C=O) groups is 5. The third kappa shape index (κ3) is 14.3. The number of cyclic esters (lactones) is 1. The number of fused-ring (bicyclic) bond motifs is 3. The van der Waals surface area contributed by atoms with Crippen LogP contribution >= 0.6 is 0 Å². The molecule has 3 heterocycles. The summed E-state index contributed by atoms with van der Waals surface area (Å²) >= 11 is 0. The van der Waals surface area contributed by atoms with Crippen LogP contribution in [0.25, 0.3) is 0 Å². The lowest BCUT2D eigenvalue weighted by atomic mass is 9.78. The summed E-state index contributed by atoms with van der Waals surface area (Å²) in [5.41, 5.74) is 1.19. The summed E-state index contributed by atoms with van der Waals surface area (Å²) in [6, 6.07) is -1.14. The first-order valence-corrected chi connectivity index (χ1v) is 23.9. The highest BCUT2D eigenvalue weighted by Crippen LogP contribution is 2.38. The fourth-order valence-corrected chi connectivity index (χ4v) is 10.1. The number of ketones is 3. The first-order valence-electron chi connectivity index (χ1n) is 23.9. The molecule has 3 aliphatic heterocycles. The molecule has 2 bridgehead atoms. The van der Waals surface area contributed by atoms with Crippen LogP contribution in [0.15, 0.2) is 47.6 Å². The Kier molecular flexibility index (Phi) is 21.0. The Bertz CT molecular complexity index is 1760. The van der Waals surface area contributed by atoms with E-state index in [1.54, 1.807) is 41.1 Å². The van der Waals surface area contributed by atoms with Crippen LogP contribution in [0.5, 0.6) is 0 Å². The number of aliphatic hydroxyl groups is 3. The molecule has 2 saturated heterocycles. The summed E-state index contributed by atoms with van der Waals surface area (Å²) in [5.74, 6) is -7.93. The third-order valence-corrected chi connectivity index (χ3v) is 14.5. The SMILES string of the molecule is CO[C@H]1C[C@@H]2CC[C@@H](C)[C@@](O)(O2)C(=O)C(=O)N2CCCC[C@H]2C(=O)O[C@H]([C@@H](C)C[C@@H]2CC[C@@H](O)[C@H](OC)C2)CC(=O)C(C)=CC(C)[C@@H](O)[C@@H](OC)C(=O)[C@H](C)C[C@H](C)C=CC=CC=C1C. The zero-order chi connectivity index (χ0) is 48.2. The van der Waals surface area contributed by atoms with Crippen LogP contribution in [0.4, 0.5) is 0 Å². The van der Waals surface area contributed by atoms with Gasteiger partial charge in [-0.1, -0.05) is 71.1 Å². The Morgan fingerprint density at radius 2 is 1.58 bits per heavy atom. The lowest BCUT2D eigenvalue weighted by molar-refractivity contribution is -0.265. The number of carbonyl (C=O) groups excluding carboxylic acids is 5. The number of nitrogens with zero attached hydrogens (tertiary/aromatic N) is 1. The summed E-state index contributed by atoms with van der Waals surface area (Å²) in [7, 11) is 4.53. The van der Waals surface area contributed by atoms with Crippen LogP contribution in [-0.2, 0) is 47.7 Å². The molecular weight excluding hydrogens is 835 g/mol. The number of hydrogen-bond donors (Lipinski definition) is 3. The van der Waals surface area contributed by atoms with Crippen molar-refractivity contribution in [3.8, 4) is 0 Å². The number of rotatable bonds is 6. The average Bonchev–Trinajstić information content (AvgIpc) is 3.28. The Balaban J connectivity index is 1.70. The van der Waals surface area contributed by atoms with E-state index in [2.05, 4.69) is 0 Å². The summed E-state index contributed by atoms with van der Waals surface area (Å²) in [6.07, 6.45) is 11.2. The van der Waals surface area contributed by atoms with Gasteiger partial charge in [0.1, 0.15) is 18.2 Å². The van der Waals surface area contributed by atoms with Gasteiger partial charge in [-0.3, -0.25) is 19.2 Å². The fraction of sp³-hybridized carbons (Fsp3) is 0.745. The predicted octanol–water partition coefficient (Wildman–Crippen LogP) is 6.18. The molecule has 15 atom stereocenters. The lowest BCUT2D eigenvalue weighted by Gasteiger charge is -2.42. The molecule has 65 heavy (non-hydrogen) atoms. The van der Waals surface area contributed by atoms with Crippen LogP contribution in [0.1, 0.15) is 126 Å². The number of amides is 1. The van der Waals surface area contributed by atoms with E-state index in [9.17, 15) is 39.3 Å². The third-order valence-electron chi connectivity index (χ3n) is 14.5. The molecule has 0 aromatic carbocycles. The van der Waals surface area contributed by atoms with Crippen molar-refractivity contribution in [1.29, 1.82) is 0 Å². The lowest BCUT2D eigenvalue weighted by Crippen LogP contribution is -2.61. The monoisotopic (exact) mass is 914 g/mol. The van der Waals surface area contributed by atoms with E-state index >= 15 is 0 Å². The minimum absolute atomic E-state index is 0.0220. The van der Waals surface area contributed by atoms with Gasteiger partial charge in [0, 0.05) is 58.5 Å². The molecule has 366 valence electrons. The zero-order valence-electron chi connectivity index (χ0n) is 40.6. The summed E-state index contributed by atoms with van der Waals surface area (Å²) in [4.78, 5) is 71.7. The fourth-order valence-electron chi connectivity index (χ4n) is 10.1. The van der Waals surface area contributed by atoms with Crippen molar-refractivity contribution in [2.75, 3.05) is 27.9 Å². The molecule has 0 spiro atoms. The minimum Gasteiger partial charge on any atom is -0.460 e. The van der Waals surface area contributed by atoms with Crippen molar-refractivity contribution in [1.82, 2.24) is 4.90 Å². The van der Waals surface area contributed by atoms with Crippen LogP contribution in [0.2, 0.25) is 0 Å². The number of esters is 1. The number of hydrogen-bond acceptors (Lipinski definition) is 13. The van der Waals surface area contributed by atoms with Crippen LogP contribution in [0, 0.1) is 35.5 Å². The molecule has 1 saturated carbocycles. The maximum Gasteiger partial charge on any atom is 0.329 e. The van der Waals surface area contributed by atoms with Gasteiger partial charge in [0.15, 0.2) is 11.6 Å². The molecule has 1 aliphatic carbocycles. The first-order chi connectivity index (χ1) is 30.7. The van der Waals surface area contributed by atoms with E-state index in [4.69, 9.17) is 23.7 Å².